The third-order valence-electron chi connectivity index (χ3n) is 4.83. The molecule has 2 aromatic carbocycles. The lowest BCUT2D eigenvalue weighted by Gasteiger charge is -2.31. The molecule has 7 nitrogen and oxygen atoms in total. The molecule has 1 aliphatic rings. The molecule has 11 heteroatoms. The van der Waals surface area contributed by atoms with E-state index in [1.54, 1.807) is 10.9 Å². The van der Waals surface area contributed by atoms with Gasteiger partial charge in [-0.15, -0.1) is 10.2 Å². The van der Waals surface area contributed by atoms with Crippen LogP contribution in [0.15, 0.2) is 60.0 Å². The number of amides is 1. The van der Waals surface area contributed by atoms with Crippen LogP contribution in [0.1, 0.15) is 5.56 Å². The normalized spacial score (nSPS) is 14.4. The number of aromatic nitrogens is 3. The van der Waals surface area contributed by atoms with Crippen LogP contribution in [0.5, 0.6) is 0 Å². The number of para-hydroxylation sites is 1. The van der Waals surface area contributed by atoms with Crippen molar-refractivity contribution in [2.24, 2.45) is 0 Å². The first-order valence-corrected chi connectivity index (χ1v) is 10.8. The zero-order chi connectivity index (χ0) is 22.6. The quantitative estimate of drug-likeness (QED) is 0.560. The number of rotatable bonds is 6. The van der Waals surface area contributed by atoms with E-state index in [0.717, 1.165) is 29.6 Å². The van der Waals surface area contributed by atoms with Gasteiger partial charge in [-0.05, 0) is 30.3 Å². The predicted octanol–water partition coefficient (Wildman–Crippen LogP) is 3.85. The van der Waals surface area contributed by atoms with Gasteiger partial charge in [0.15, 0.2) is 5.16 Å². The van der Waals surface area contributed by atoms with Crippen molar-refractivity contribution < 1.29 is 22.7 Å². The van der Waals surface area contributed by atoms with Gasteiger partial charge in [0.05, 0.1) is 35.9 Å². The van der Waals surface area contributed by atoms with Crippen molar-refractivity contribution in [3.63, 3.8) is 0 Å². The van der Waals surface area contributed by atoms with Crippen LogP contribution < -0.4 is 10.2 Å². The highest BCUT2D eigenvalue weighted by molar-refractivity contribution is 7.99. The molecule has 32 heavy (non-hydrogen) atoms. The summed E-state index contributed by atoms with van der Waals surface area (Å²) in [6.45, 7) is 2.01. The molecule has 4 rings (SSSR count). The molecular formula is C21H20F3N5O2S. The Hall–Kier alpha value is -3.05. The number of ether oxygens (including phenoxy) is 1. The monoisotopic (exact) mass is 463 g/mol. The highest BCUT2D eigenvalue weighted by Gasteiger charge is 2.32. The molecule has 0 saturated carbocycles. The van der Waals surface area contributed by atoms with E-state index < -0.39 is 17.6 Å². The zero-order valence-corrected chi connectivity index (χ0v) is 17.7. The molecule has 0 radical (unpaired) electrons. The first kappa shape index (κ1) is 22.2. The number of nitrogens with zero attached hydrogens (tertiary/aromatic N) is 4. The number of thioether (sulfide) groups is 1. The Labute approximate surface area is 186 Å². The van der Waals surface area contributed by atoms with Crippen molar-refractivity contribution in [1.82, 2.24) is 14.8 Å². The Morgan fingerprint density at radius 3 is 2.59 bits per heavy atom. The van der Waals surface area contributed by atoms with Crippen LogP contribution in [-0.2, 0) is 15.7 Å². The van der Waals surface area contributed by atoms with Gasteiger partial charge in [0.1, 0.15) is 6.33 Å². The van der Waals surface area contributed by atoms with Crippen molar-refractivity contribution in [2.45, 2.75) is 11.3 Å². The van der Waals surface area contributed by atoms with Crippen LogP contribution >= 0.6 is 11.8 Å². The largest absolute Gasteiger partial charge is 0.416 e. The standard InChI is InChI=1S/C21H20F3N5O2S/c22-21(23,24)15-6-7-18(28-8-10-31-11-9-28)17(12-15)26-19(30)13-32-20-27-25-14-29(20)16-4-2-1-3-5-16/h1-7,12,14H,8-11,13H2,(H,26,30). The Bertz CT molecular complexity index is 1070. The highest BCUT2D eigenvalue weighted by atomic mass is 32.2. The summed E-state index contributed by atoms with van der Waals surface area (Å²) in [5.74, 6) is -0.476. The van der Waals surface area contributed by atoms with Gasteiger partial charge < -0.3 is 15.0 Å². The number of hydrogen-bond donors (Lipinski definition) is 1. The molecule has 3 aromatic rings. The fraction of sp³-hybridized carbons (Fsp3) is 0.286. The van der Waals surface area contributed by atoms with Crippen molar-refractivity contribution in [3.8, 4) is 5.69 Å². The summed E-state index contributed by atoms with van der Waals surface area (Å²) in [5.41, 5.74) is 0.679. The summed E-state index contributed by atoms with van der Waals surface area (Å²) in [7, 11) is 0. The molecule has 1 aromatic heterocycles. The van der Waals surface area contributed by atoms with E-state index in [4.69, 9.17) is 4.74 Å². The number of hydrogen-bond acceptors (Lipinski definition) is 6. The molecule has 2 heterocycles. The van der Waals surface area contributed by atoms with E-state index in [1.165, 1.54) is 6.07 Å². The third kappa shape index (κ3) is 5.22. The number of carbonyl (C=O) groups is 1. The molecule has 0 atom stereocenters. The lowest BCUT2D eigenvalue weighted by Crippen LogP contribution is -2.37. The minimum Gasteiger partial charge on any atom is -0.378 e. The summed E-state index contributed by atoms with van der Waals surface area (Å²) in [5, 5.41) is 11.1. The van der Waals surface area contributed by atoms with Gasteiger partial charge in [-0.2, -0.15) is 13.2 Å². The molecule has 1 N–H and O–H groups in total. The molecule has 0 spiro atoms. The maximum Gasteiger partial charge on any atom is 0.416 e. The average Bonchev–Trinajstić information content (AvgIpc) is 3.27. The number of carbonyl (C=O) groups excluding carboxylic acids is 1. The molecular weight excluding hydrogens is 443 g/mol. The summed E-state index contributed by atoms with van der Waals surface area (Å²) in [4.78, 5) is 14.5. The minimum atomic E-state index is -4.51. The lowest BCUT2D eigenvalue weighted by molar-refractivity contribution is -0.137. The van der Waals surface area contributed by atoms with Crippen LogP contribution in [0.3, 0.4) is 0 Å². The van der Waals surface area contributed by atoms with E-state index in [-0.39, 0.29) is 11.4 Å². The molecule has 1 amide bonds. The Balaban J connectivity index is 1.49. The highest BCUT2D eigenvalue weighted by Crippen LogP contribution is 2.36. The SMILES string of the molecule is O=C(CSc1nncn1-c1ccccc1)Nc1cc(C(F)(F)F)ccc1N1CCOCC1. The number of halogens is 3. The van der Waals surface area contributed by atoms with Gasteiger partial charge in [-0.3, -0.25) is 9.36 Å². The predicted molar refractivity (Wildman–Crippen MR) is 115 cm³/mol. The zero-order valence-electron chi connectivity index (χ0n) is 16.9. The van der Waals surface area contributed by atoms with Crippen LogP contribution in [0.25, 0.3) is 5.69 Å². The van der Waals surface area contributed by atoms with Crippen molar-refractivity contribution in [3.05, 3.63) is 60.4 Å². The van der Waals surface area contributed by atoms with Crippen LogP contribution in [0.2, 0.25) is 0 Å². The molecule has 1 aliphatic heterocycles. The number of benzene rings is 2. The average molecular weight is 463 g/mol. The summed E-state index contributed by atoms with van der Waals surface area (Å²) in [6, 6.07) is 12.8. The van der Waals surface area contributed by atoms with Crippen molar-refractivity contribution in [2.75, 3.05) is 42.3 Å². The fourth-order valence-electron chi connectivity index (χ4n) is 3.30. The van der Waals surface area contributed by atoms with Gasteiger partial charge >= 0.3 is 6.18 Å². The van der Waals surface area contributed by atoms with Gasteiger partial charge in [0.25, 0.3) is 0 Å². The van der Waals surface area contributed by atoms with Crippen LogP contribution in [0.4, 0.5) is 24.5 Å². The topological polar surface area (TPSA) is 72.3 Å². The Morgan fingerprint density at radius 1 is 1.12 bits per heavy atom. The summed E-state index contributed by atoms with van der Waals surface area (Å²) >= 11 is 1.15. The number of morpholine rings is 1. The van der Waals surface area contributed by atoms with Crippen molar-refractivity contribution >= 4 is 29.0 Å². The Kier molecular flexibility index (Phi) is 6.66. The maximum atomic E-state index is 13.3. The smallest absolute Gasteiger partial charge is 0.378 e. The molecule has 168 valence electrons. The second kappa shape index (κ2) is 9.61. The second-order valence-corrected chi connectivity index (χ2v) is 7.93. The van der Waals surface area contributed by atoms with E-state index in [0.29, 0.717) is 37.1 Å². The Morgan fingerprint density at radius 2 is 1.88 bits per heavy atom. The summed E-state index contributed by atoms with van der Waals surface area (Å²) < 4.78 is 46.8. The van der Waals surface area contributed by atoms with E-state index >= 15 is 0 Å². The van der Waals surface area contributed by atoms with E-state index in [1.807, 2.05) is 35.2 Å². The van der Waals surface area contributed by atoms with Gasteiger partial charge in [-0.1, -0.05) is 30.0 Å². The molecule has 0 aliphatic carbocycles. The second-order valence-electron chi connectivity index (χ2n) is 6.99. The lowest BCUT2D eigenvalue weighted by atomic mass is 10.1. The van der Waals surface area contributed by atoms with E-state index in [9.17, 15) is 18.0 Å². The first-order chi connectivity index (χ1) is 15.4. The minimum absolute atomic E-state index is 0.0374. The van der Waals surface area contributed by atoms with Crippen LogP contribution in [0, 0.1) is 0 Å². The molecule has 0 unspecified atom stereocenters. The van der Waals surface area contributed by atoms with Crippen LogP contribution in [-0.4, -0.2) is 52.7 Å². The fourth-order valence-corrected chi connectivity index (χ4v) is 4.03. The molecule has 0 bridgehead atoms. The summed E-state index contributed by atoms with van der Waals surface area (Å²) in [6.07, 6.45) is -2.97. The van der Waals surface area contributed by atoms with Gasteiger partial charge in [0.2, 0.25) is 5.91 Å². The number of anilines is 2. The van der Waals surface area contributed by atoms with Crippen molar-refractivity contribution in [1.29, 1.82) is 0 Å². The van der Waals surface area contributed by atoms with Gasteiger partial charge in [-0.25, -0.2) is 0 Å². The number of nitrogens with one attached hydrogen (secondary N) is 1. The van der Waals surface area contributed by atoms with Gasteiger partial charge in [0, 0.05) is 18.8 Å². The van der Waals surface area contributed by atoms with E-state index in [2.05, 4.69) is 15.5 Å². The maximum absolute atomic E-state index is 13.3. The number of alkyl halides is 3. The first-order valence-electron chi connectivity index (χ1n) is 9.84. The molecule has 1 fully saturated rings. The molecule has 1 saturated heterocycles. The third-order valence-corrected chi connectivity index (χ3v) is 5.78.